The molecule has 32 heavy (non-hydrogen) atoms. The normalized spacial score (nSPS) is 19.7. The van der Waals surface area contributed by atoms with Crippen LogP contribution in [0.4, 0.5) is 24.5 Å². The Balaban J connectivity index is 1.57. The molecule has 0 saturated carbocycles. The molecule has 3 heterocycles. The molecule has 174 valence electrons. The number of furan rings is 1. The Bertz CT molecular complexity index is 952. The van der Waals surface area contributed by atoms with Gasteiger partial charge in [0.25, 0.3) is 5.91 Å². The van der Waals surface area contributed by atoms with Crippen LogP contribution in [0, 0.1) is 5.41 Å². The summed E-state index contributed by atoms with van der Waals surface area (Å²) in [7, 11) is 0. The average molecular weight is 451 g/mol. The Kier molecular flexibility index (Phi) is 6.25. The van der Waals surface area contributed by atoms with E-state index >= 15 is 0 Å². The molecule has 5 nitrogen and oxygen atoms in total. The number of nitrogens with one attached hydrogen (secondary N) is 1. The molecule has 1 N–H and O–H groups in total. The fourth-order valence-corrected chi connectivity index (χ4v) is 4.30. The first-order chi connectivity index (χ1) is 15.1. The fraction of sp³-hybridized carbons (Fsp3) is 0.542. The number of amides is 1. The number of rotatable bonds is 4. The summed E-state index contributed by atoms with van der Waals surface area (Å²) in [5.74, 6) is 0.433. The van der Waals surface area contributed by atoms with Crippen LogP contribution in [0.5, 0.6) is 0 Å². The zero-order valence-electron chi connectivity index (χ0n) is 18.4. The molecule has 2 aliphatic rings. The third-order valence-electron chi connectivity index (χ3n) is 6.50. The molecular weight excluding hydrogens is 421 g/mol. The summed E-state index contributed by atoms with van der Waals surface area (Å²) in [6.45, 7) is 7.10. The maximum Gasteiger partial charge on any atom is 0.416 e. The molecule has 2 aliphatic heterocycles. The first-order valence-corrected chi connectivity index (χ1v) is 11.1. The van der Waals surface area contributed by atoms with Crippen molar-refractivity contribution in [1.82, 2.24) is 0 Å². The van der Waals surface area contributed by atoms with Gasteiger partial charge in [-0.05, 0) is 61.4 Å². The van der Waals surface area contributed by atoms with Gasteiger partial charge in [0.2, 0.25) is 0 Å². The molecule has 8 heteroatoms. The minimum absolute atomic E-state index is 0.0923. The predicted octanol–water partition coefficient (Wildman–Crippen LogP) is 6.07. The minimum atomic E-state index is -4.50. The van der Waals surface area contributed by atoms with Crippen molar-refractivity contribution in [2.45, 2.75) is 51.6 Å². The van der Waals surface area contributed by atoms with Crippen LogP contribution < -0.4 is 10.2 Å². The second-order valence-electron chi connectivity index (χ2n) is 9.42. The van der Waals surface area contributed by atoms with Crippen LogP contribution in [-0.4, -0.2) is 32.2 Å². The maximum atomic E-state index is 13.4. The van der Waals surface area contributed by atoms with Gasteiger partial charge in [-0.2, -0.15) is 13.2 Å². The van der Waals surface area contributed by atoms with Crippen LogP contribution in [0.15, 0.2) is 34.7 Å². The summed E-state index contributed by atoms with van der Waals surface area (Å²) >= 11 is 0. The smallest absolute Gasteiger partial charge is 0.416 e. The lowest BCUT2D eigenvalue weighted by molar-refractivity contribution is -0.137. The highest BCUT2D eigenvalue weighted by molar-refractivity contribution is 6.04. The first-order valence-electron chi connectivity index (χ1n) is 11.1. The number of hydrogen-bond acceptors (Lipinski definition) is 4. The summed E-state index contributed by atoms with van der Waals surface area (Å²) in [4.78, 5) is 14.9. The second-order valence-corrected chi connectivity index (χ2v) is 9.42. The van der Waals surface area contributed by atoms with E-state index in [1.54, 1.807) is 12.1 Å². The molecule has 0 aliphatic carbocycles. The highest BCUT2D eigenvalue weighted by Crippen LogP contribution is 2.39. The summed E-state index contributed by atoms with van der Waals surface area (Å²) < 4.78 is 51.2. The van der Waals surface area contributed by atoms with Crippen molar-refractivity contribution in [3.05, 3.63) is 47.4 Å². The van der Waals surface area contributed by atoms with Crippen molar-refractivity contribution >= 4 is 17.3 Å². The molecule has 2 aromatic rings. The zero-order chi connectivity index (χ0) is 22.9. The number of anilines is 2. The van der Waals surface area contributed by atoms with Gasteiger partial charge in [-0.25, -0.2) is 0 Å². The average Bonchev–Trinajstić information content (AvgIpc) is 3.24. The van der Waals surface area contributed by atoms with Crippen LogP contribution in [-0.2, 0) is 10.9 Å². The van der Waals surface area contributed by atoms with Gasteiger partial charge in [0.1, 0.15) is 5.76 Å². The third-order valence-corrected chi connectivity index (χ3v) is 6.50. The Morgan fingerprint density at radius 3 is 2.44 bits per heavy atom. The Labute approximate surface area is 185 Å². The van der Waals surface area contributed by atoms with E-state index in [9.17, 15) is 18.0 Å². The van der Waals surface area contributed by atoms with Gasteiger partial charge in [-0.15, -0.1) is 0 Å². The molecular formula is C24H29F3N2O3. The number of carbonyl (C=O) groups is 1. The zero-order valence-corrected chi connectivity index (χ0v) is 18.4. The lowest BCUT2D eigenvalue weighted by atomic mass is 9.82. The fourth-order valence-electron chi connectivity index (χ4n) is 4.30. The largest absolute Gasteiger partial charge is 0.456 e. The SMILES string of the molecule is CC1(C)CCN(c2ccc(C(F)(F)F)cc2NC(=O)c2ccc(C3CCOCC3)o2)CC1. The molecule has 4 rings (SSSR count). The summed E-state index contributed by atoms with van der Waals surface area (Å²) in [5.41, 5.74) is 0.142. The summed E-state index contributed by atoms with van der Waals surface area (Å²) in [5, 5.41) is 2.67. The number of benzene rings is 1. The van der Waals surface area contributed by atoms with E-state index in [1.165, 1.54) is 6.07 Å². The Morgan fingerprint density at radius 1 is 1.09 bits per heavy atom. The van der Waals surface area contributed by atoms with Gasteiger partial charge < -0.3 is 19.4 Å². The molecule has 0 bridgehead atoms. The van der Waals surface area contributed by atoms with Gasteiger partial charge in [0, 0.05) is 32.2 Å². The standard InChI is InChI=1S/C24H29F3N2O3/c1-23(2)9-11-29(12-10-23)19-4-3-17(24(25,26)27)15-18(19)28-22(30)21-6-5-20(32-21)16-7-13-31-14-8-16/h3-6,15-16H,7-14H2,1-2H3,(H,28,30). The van der Waals surface area contributed by atoms with E-state index in [2.05, 4.69) is 19.2 Å². The van der Waals surface area contributed by atoms with Gasteiger partial charge >= 0.3 is 6.18 Å². The van der Waals surface area contributed by atoms with Crippen LogP contribution in [0.25, 0.3) is 0 Å². The molecule has 1 aromatic heterocycles. The number of hydrogen-bond donors (Lipinski definition) is 1. The van der Waals surface area contributed by atoms with Crippen LogP contribution >= 0.6 is 0 Å². The van der Waals surface area contributed by atoms with Crippen molar-refractivity contribution < 1.29 is 27.1 Å². The molecule has 1 amide bonds. The van der Waals surface area contributed by atoms with Crippen molar-refractivity contribution in [2.24, 2.45) is 5.41 Å². The number of ether oxygens (including phenoxy) is 1. The number of halogens is 3. The second kappa shape index (κ2) is 8.81. The minimum Gasteiger partial charge on any atom is -0.456 e. The summed E-state index contributed by atoms with van der Waals surface area (Å²) in [6.07, 6.45) is -1.01. The number of piperidine rings is 1. The van der Waals surface area contributed by atoms with E-state index in [-0.39, 0.29) is 22.8 Å². The van der Waals surface area contributed by atoms with Crippen LogP contribution in [0.2, 0.25) is 0 Å². The quantitative estimate of drug-likeness (QED) is 0.614. The van der Waals surface area contributed by atoms with Crippen molar-refractivity contribution in [3.63, 3.8) is 0 Å². The maximum absolute atomic E-state index is 13.4. The van der Waals surface area contributed by atoms with E-state index in [1.807, 2.05) is 4.90 Å². The Hall–Kier alpha value is -2.48. The highest BCUT2D eigenvalue weighted by atomic mass is 19.4. The molecule has 0 unspecified atom stereocenters. The van der Waals surface area contributed by atoms with E-state index in [4.69, 9.17) is 9.15 Å². The molecule has 0 atom stereocenters. The van der Waals surface area contributed by atoms with Crippen molar-refractivity contribution in [3.8, 4) is 0 Å². The Morgan fingerprint density at radius 2 is 1.78 bits per heavy atom. The monoisotopic (exact) mass is 450 g/mol. The molecule has 0 spiro atoms. The molecule has 2 saturated heterocycles. The van der Waals surface area contributed by atoms with E-state index in [0.29, 0.717) is 24.7 Å². The lowest BCUT2D eigenvalue weighted by Gasteiger charge is -2.39. The van der Waals surface area contributed by atoms with E-state index < -0.39 is 17.6 Å². The number of nitrogens with zero attached hydrogens (tertiary/aromatic N) is 1. The predicted molar refractivity (Wildman–Crippen MR) is 116 cm³/mol. The highest BCUT2D eigenvalue weighted by Gasteiger charge is 2.33. The van der Waals surface area contributed by atoms with Crippen molar-refractivity contribution in [2.75, 3.05) is 36.5 Å². The van der Waals surface area contributed by atoms with Gasteiger partial charge in [0.05, 0.1) is 16.9 Å². The lowest BCUT2D eigenvalue weighted by Crippen LogP contribution is -2.37. The van der Waals surface area contributed by atoms with Gasteiger partial charge in [-0.1, -0.05) is 13.8 Å². The van der Waals surface area contributed by atoms with E-state index in [0.717, 1.165) is 50.9 Å². The molecule has 2 fully saturated rings. The topological polar surface area (TPSA) is 54.7 Å². The third kappa shape index (κ3) is 5.11. The van der Waals surface area contributed by atoms with Crippen molar-refractivity contribution in [1.29, 1.82) is 0 Å². The van der Waals surface area contributed by atoms with Crippen LogP contribution in [0.3, 0.4) is 0 Å². The van der Waals surface area contributed by atoms with Gasteiger partial charge in [0.15, 0.2) is 5.76 Å². The van der Waals surface area contributed by atoms with Gasteiger partial charge in [-0.3, -0.25) is 4.79 Å². The molecule has 0 radical (unpaired) electrons. The first kappa shape index (κ1) is 22.7. The molecule has 1 aromatic carbocycles. The summed E-state index contributed by atoms with van der Waals surface area (Å²) in [6, 6.07) is 6.88. The number of alkyl halides is 3. The number of carbonyl (C=O) groups excluding carboxylic acids is 1. The van der Waals surface area contributed by atoms with Crippen LogP contribution in [0.1, 0.15) is 67.3 Å².